The minimum Gasteiger partial charge on any atom is -0.389 e. The lowest BCUT2D eigenvalue weighted by atomic mass is 9.92. The van der Waals surface area contributed by atoms with Crippen LogP contribution in [0.1, 0.15) is 79.9 Å². The first-order valence-electron chi connectivity index (χ1n) is 20.5. The number of imidazole rings is 2. The van der Waals surface area contributed by atoms with Crippen LogP contribution in [-0.4, -0.2) is 109 Å². The van der Waals surface area contributed by atoms with Crippen molar-refractivity contribution in [3.8, 4) is 23.7 Å². The highest BCUT2D eigenvalue weighted by atomic mass is 35.5. The van der Waals surface area contributed by atoms with Gasteiger partial charge in [-0.1, -0.05) is 37.0 Å². The van der Waals surface area contributed by atoms with E-state index in [9.17, 15) is 30.0 Å². The predicted molar refractivity (Wildman–Crippen MR) is 239 cm³/mol. The van der Waals surface area contributed by atoms with E-state index < -0.39 is 47.3 Å². The fourth-order valence-corrected chi connectivity index (χ4v) is 11.6. The fourth-order valence-electron chi connectivity index (χ4n) is 9.79. The molecule has 4 fully saturated rings. The molecule has 0 bridgehead atoms. The molecule has 4 aliphatic rings. The molecule has 0 aromatic carbocycles. The molecule has 0 aliphatic heterocycles. The molecule has 326 valence electrons. The number of fused-ring (bicyclic) bond motifs is 4. The third-order valence-corrected chi connectivity index (χ3v) is 15.1. The zero-order valence-electron chi connectivity index (χ0n) is 34.4. The van der Waals surface area contributed by atoms with Crippen LogP contribution in [0.15, 0.2) is 36.9 Å². The van der Waals surface area contributed by atoms with Crippen LogP contribution < -0.4 is 10.6 Å². The van der Waals surface area contributed by atoms with Gasteiger partial charge in [-0.05, 0) is 79.5 Å². The van der Waals surface area contributed by atoms with E-state index in [1.165, 1.54) is 22.7 Å². The normalized spacial score (nSPS) is 28.5. The number of rotatable bonds is 9. The maximum atomic E-state index is 12.6. The first-order chi connectivity index (χ1) is 30.3. The summed E-state index contributed by atoms with van der Waals surface area (Å²) in [5.41, 5.74) is 0.360. The molecule has 0 saturated heterocycles. The van der Waals surface area contributed by atoms with Gasteiger partial charge in [0.2, 0.25) is 11.6 Å². The van der Waals surface area contributed by atoms with E-state index in [0.29, 0.717) is 86.5 Å². The Hall–Kier alpha value is -5.02. The molecule has 10 rings (SSSR count). The number of aromatic nitrogens is 8. The number of ketones is 2. The van der Waals surface area contributed by atoms with Crippen LogP contribution in [0.2, 0.25) is 8.67 Å². The summed E-state index contributed by atoms with van der Waals surface area (Å²) in [6, 6.07) is 6.24. The second kappa shape index (κ2) is 16.5. The van der Waals surface area contributed by atoms with Gasteiger partial charge in [0.25, 0.3) is 0 Å². The number of aliphatic hydroxyl groups is 4. The van der Waals surface area contributed by atoms with Gasteiger partial charge >= 0.3 is 0 Å². The number of carbonyl (C=O) groups is 2. The number of nitrogens with zero attached hydrogens (tertiary/aromatic N) is 8. The molecule has 0 amide bonds. The van der Waals surface area contributed by atoms with Gasteiger partial charge in [-0.2, -0.15) is 0 Å². The maximum absolute atomic E-state index is 12.6. The molecule has 63 heavy (non-hydrogen) atoms. The van der Waals surface area contributed by atoms with Crippen molar-refractivity contribution < 1.29 is 30.0 Å². The second-order valence-corrected chi connectivity index (χ2v) is 19.5. The lowest BCUT2D eigenvalue weighted by molar-refractivity contribution is -0.130. The Bertz CT molecular complexity index is 2930. The fraction of sp³-hybridized carbons (Fsp3) is 0.442. The summed E-state index contributed by atoms with van der Waals surface area (Å²) >= 11 is 14.7. The van der Waals surface area contributed by atoms with Gasteiger partial charge < -0.3 is 40.2 Å². The van der Waals surface area contributed by atoms with Crippen LogP contribution >= 0.6 is 45.9 Å². The second-order valence-electron chi connectivity index (χ2n) is 16.0. The van der Waals surface area contributed by atoms with E-state index in [1.807, 2.05) is 19.1 Å². The summed E-state index contributed by atoms with van der Waals surface area (Å²) in [6.45, 7) is 6.15. The molecule has 0 radical (unpaired) electrons. The summed E-state index contributed by atoms with van der Waals surface area (Å²) in [6.07, 6.45) is 0.597. The van der Waals surface area contributed by atoms with Gasteiger partial charge in [-0.25, -0.2) is 29.9 Å². The van der Waals surface area contributed by atoms with E-state index in [1.54, 1.807) is 54.8 Å². The van der Waals surface area contributed by atoms with Crippen molar-refractivity contribution in [2.24, 2.45) is 22.7 Å². The number of Topliss-reactive ketones (excluding diaryl/α,β-unsaturated/α-hetero) is 2. The zero-order valence-corrected chi connectivity index (χ0v) is 37.5. The summed E-state index contributed by atoms with van der Waals surface area (Å²) in [5, 5.41) is 49.3. The van der Waals surface area contributed by atoms with Crippen LogP contribution in [-0.2, 0) is 9.59 Å². The number of thiophene rings is 2. The van der Waals surface area contributed by atoms with Crippen molar-refractivity contribution in [1.82, 2.24) is 39.0 Å². The summed E-state index contributed by atoms with van der Waals surface area (Å²) in [4.78, 5) is 53.7. The highest BCUT2D eigenvalue weighted by Crippen LogP contribution is 2.69. The smallest absolute Gasteiger partial charge is 0.209 e. The van der Waals surface area contributed by atoms with Gasteiger partial charge in [0, 0.05) is 26.4 Å². The van der Waals surface area contributed by atoms with Crippen LogP contribution in [0.4, 0.5) is 11.6 Å². The first-order valence-corrected chi connectivity index (χ1v) is 22.9. The first kappa shape index (κ1) is 43.2. The van der Waals surface area contributed by atoms with Crippen LogP contribution in [0.3, 0.4) is 0 Å². The van der Waals surface area contributed by atoms with Crippen molar-refractivity contribution in [2.45, 2.75) is 83.0 Å². The van der Waals surface area contributed by atoms with Crippen molar-refractivity contribution in [1.29, 1.82) is 0 Å². The van der Waals surface area contributed by atoms with Gasteiger partial charge in [0.05, 0.1) is 66.2 Å². The molecule has 10 atom stereocenters. The Balaban J connectivity index is 0.000000160. The average Bonchev–Trinajstić information content (AvgIpc) is 3.66. The summed E-state index contributed by atoms with van der Waals surface area (Å²) in [5.74, 6) is 13.3. The molecule has 6 N–H and O–H groups in total. The molecular weight excluding hydrogens is 888 g/mol. The highest BCUT2D eigenvalue weighted by Gasteiger charge is 2.75. The quantitative estimate of drug-likeness (QED) is 0.106. The number of hydrogen-bond donors (Lipinski definition) is 6. The number of carbonyl (C=O) groups excluding carboxylic acids is 2. The predicted octanol–water partition coefficient (Wildman–Crippen LogP) is 4.88. The van der Waals surface area contributed by atoms with Gasteiger partial charge in [0.15, 0.2) is 34.0 Å². The number of anilines is 2. The molecule has 6 heterocycles. The van der Waals surface area contributed by atoms with E-state index in [4.69, 9.17) is 23.2 Å². The Morgan fingerprint density at radius 2 is 1.16 bits per heavy atom. The SMILES string of the molecule is CCC(=O)[C@@]12C[C@@H]1[C@@H](n1cnc3c(NC)nc(C#Cc4ccc(Cl)s4)nc31)[C@@H](O)C2O.CCNc1nc(C#Cc2ccc(Cl)s2)nc2c1ncn2[C@@H]1[C@H]2C[C@@]2(C(=O)CC)C(O)[C@@H]1O. The molecule has 4 aliphatic carbocycles. The summed E-state index contributed by atoms with van der Waals surface area (Å²) in [7, 11) is 1.73. The number of nitrogens with one attached hydrogen (secondary N) is 2. The van der Waals surface area contributed by atoms with E-state index >= 15 is 0 Å². The van der Waals surface area contributed by atoms with Crippen molar-refractivity contribution >= 4 is 91.4 Å². The van der Waals surface area contributed by atoms with E-state index in [0.717, 1.165) is 9.75 Å². The van der Waals surface area contributed by atoms with Crippen molar-refractivity contribution in [3.63, 3.8) is 0 Å². The number of hydrogen-bond acceptors (Lipinski definition) is 16. The molecule has 0 spiro atoms. The van der Waals surface area contributed by atoms with Crippen LogP contribution in [0.5, 0.6) is 0 Å². The lowest BCUT2D eigenvalue weighted by Gasteiger charge is -2.23. The number of halogens is 2. The molecule has 20 heteroatoms. The van der Waals surface area contributed by atoms with E-state index in [2.05, 4.69) is 64.2 Å². The van der Waals surface area contributed by atoms with E-state index in [-0.39, 0.29) is 23.4 Å². The van der Waals surface area contributed by atoms with Crippen LogP contribution in [0, 0.1) is 46.3 Å². The lowest BCUT2D eigenvalue weighted by Crippen LogP contribution is -2.37. The molecule has 6 aromatic heterocycles. The average molecular weight is 930 g/mol. The van der Waals surface area contributed by atoms with Gasteiger partial charge in [-0.3, -0.25) is 9.59 Å². The van der Waals surface area contributed by atoms with Crippen LogP contribution in [0.25, 0.3) is 22.3 Å². The molecule has 6 aromatic rings. The largest absolute Gasteiger partial charge is 0.389 e. The third kappa shape index (κ3) is 7.08. The monoisotopic (exact) mass is 928 g/mol. The Morgan fingerprint density at radius 3 is 1.56 bits per heavy atom. The maximum Gasteiger partial charge on any atom is 0.209 e. The molecular formula is C43H42Cl2N10O6S2. The minimum absolute atomic E-state index is 0.00917. The third-order valence-electron chi connectivity index (χ3n) is 12.8. The van der Waals surface area contributed by atoms with Crippen molar-refractivity contribution in [3.05, 3.63) is 67.0 Å². The van der Waals surface area contributed by atoms with Gasteiger partial charge in [-0.15, -0.1) is 22.7 Å². The topological polar surface area (TPSA) is 226 Å². The molecule has 2 unspecified atom stereocenters. The zero-order chi connectivity index (χ0) is 44.5. The van der Waals surface area contributed by atoms with Gasteiger partial charge in [0.1, 0.15) is 23.8 Å². The standard InChI is InChI=1S/C22H22ClN5O3S.C21H20ClN5O3S/c1-3-13(29)22-9-12(22)17(18(30)19(22)31)28-10-25-16-20(24-4-2)26-15(27-21(16)28)8-6-11-5-7-14(23)32-11;1-3-12(28)21-8-11(21)16(17(29)18(21)30)27-9-24-15-19(23-2)25-14(26-20(15)27)7-5-10-4-6-13(22)31-10/h5,7,10,12,17-19,30-31H,3-4,9H2,1-2H3,(H,24,26,27);4,6,9,11,16-18,29-30H,3,8H2,1-2H3,(H,23,25,26)/t12-,17-,18-,19?,22-;11-,16-,17-,18?,21-/m11/s1. The van der Waals surface area contributed by atoms with Crippen molar-refractivity contribution in [2.75, 3.05) is 24.2 Å². The summed E-state index contributed by atoms with van der Waals surface area (Å²) < 4.78 is 4.82. The molecule has 4 saturated carbocycles. The number of aliphatic hydroxyl groups excluding tert-OH is 4. The highest BCUT2D eigenvalue weighted by molar-refractivity contribution is 7.17. The minimum atomic E-state index is -1.10. The Morgan fingerprint density at radius 1 is 0.714 bits per heavy atom. The Kier molecular flexibility index (Phi) is 11.3. The Labute approximate surface area is 379 Å². The molecule has 16 nitrogen and oxygen atoms in total.